The molecule has 6 rings (SSSR count). The number of ether oxygens (including phenoxy) is 3. The van der Waals surface area contributed by atoms with Crippen LogP contribution in [0.25, 0.3) is 11.1 Å². The van der Waals surface area contributed by atoms with E-state index in [0.29, 0.717) is 52.4 Å². The van der Waals surface area contributed by atoms with Crippen LogP contribution in [0.15, 0.2) is 73.2 Å². The summed E-state index contributed by atoms with van der Waals surface area (Å²) in [4.78, 5) is 56.8. The monoisotopic (exact) mass is 659 g/mol. The zero-order valence-corrected chi connectivity index (χ0v) is 26.2. The second-order valence-electron chi connectivity index (χ2n) is 11.1. The first-order valence-corrected chi connectivity index (χ1v) is 15.0. The third kappa shape index (κ3) is 8.46. The number of piperidine rings is 1. The van der Waals surface area contributed by atoms with Gasteiger partial charge in [0.1, 0.15) is 34.9 Å². The number of aliphatic carboxylic acids is 1. The number of carboxylic acids is 1. The van der Waals surface area contributed by atoms with Crippen molar-refractivity contribution >= 4 is 23.7 Å². The van der Waals surface area contributed by atoms with Crippen LogP contribution in [0.1, 0.15) is 39.8 Å². The van der Waals surface area contributed by atoms with Crippen molar-refractivity contribution in [2.45, 2.75) is 32.0 Å². The largest absolute Gasteiger partial charge is 0.496 e. The number of H-pyrrole nitrogens is 1. The molecule has 2 aliphatic heterocycles. The maximum absolute atomic E-state index is 14.6. The Morgan fingerprint density at radius 1 is 1.06 bits per heavy atom. The molecule has 3 aromatic carbocycles. The second kappa shape index (κ2) is 15.1. The molecule has 2 atom stereocenters. The van der Waals surface area contributed by atoms with Crippen molar-refractivity contribution in [1.82, 2.24) is 25.5 Å². The van der Waals surface area contributed by atoms with E-state index < -0.39 is 23.9 Å². The van der Waals surface area contributed by atoms with E-state index in [2.05, 4.69) is 20.6 Å². The van der Waals surface area contributed by atoms with E-state index >= 15 is 0 Å². The number of halogens is 1. The van der Waals surface area contributed by atoms with Crippen molar-refractivity contribution in [1.29, 1.82) is 0 Å². The predicted molar refractivity (Wildman–Crippen MR) is 170 cm³/mol. The standard InChI is InChI=1S/C32H30FN5O6.C2H4O2/c1-42-28-6-5-21-12-25(28)20-3-2-4-23(11-20)43-17-30(39)35-14-19-9-22(33)13-24(10-19)44-29-7-8-38(16-27(29)37-31(21)40)32(41)26-15-34-18-36-26;1-2(3)4/h2-6,9-13,15,18,27,29H,7-8,14,16-17H2,1H3,(H,34,36)(H,35,39)(H,37,40);1H3,(H,3,4)/t27-,29-;/m1./s1. The third-order valence-corrected chi connectivity index (χ3v) is 7.57. The van der Waals surface area contributed by atoms with Crippen LogP contribution < -0.4 is 24.8 Å². The first-order valence-electron chi connectivity index (χ1n) is 15.0. The van der Waals surface area contributed by atoms with Gasteiger partial charge < -0.3 is 39.8 Å². The average Bonchev–Trinajstić information content (AvgIpc) is 3.61. The Morgan fingerprint density at radius 2 is 1.88 bits per heavy atom. The SMILES string of the molecule is CC(=O)O.COc1ccc2cc1-c1cccc(c1)OCC(=O)NCc1cc(F)cc(c1)O[C@@H]1CCN(C(=O)c3cnc[nH]3)C[C@H]1NC2=O. The van der Waals surface area contributed by atoms with Crippen molar-refractivity contribution in [3.63, 3.8) is 0 Å². The van der Waals surface area contributed by atoms with Crippen LogP contribution in [0.3, 0.4) is 0 Å². The minimum absolute atomic E-state index is 0.0523. The highest BCUT2D eigenvalue weighted by molar-refractivity contribution is 5.97. The lowest BCUT2D eigenvalue weighted by atomic mass is 9.99. The summed E-state index contributed by atoms with van der Waals surface area (Å²) < 4.78 is 32.2. The fraction of sp³-hybridized carbons (Fsp3) is 0.265. The van der Waals surface area contributed by atoms with Gasteiger partial charge in [-0.05, 0) is 53.6 Å². The number of carbonyl (C=O) groups excluding carboxylic acids is 3. The highest BCUT2D eigenvalue weighted by atomic mass is 19.1. The van der Waals surface area contributed by atoms with Gasteiger partial charge in [0.05, 0.1) is 25.7 Å². The van der Waals surface area contributed by atoms with Gasteiger partial charge in [-0.15, -0.1) is 0 Å². The average molecular weight is 660 g/mol. The van der Waals surface area contributed by atoms with Gasteiger partial charge in [0, 0.05) is 50.2 Å². The molecule has 48 heavy (non-hydrogen) atoms. The number of aromatic amines is 1. The summed E-state index contributed by atoms with van der Waals surface area (Å²) in [6, 6.07) is 15.7. The van der Waals surface area contributed by atoms with Crippen LogP contribution in [0.4, 0.5) is 4.39 Å². The summed E-state index contributed by atoms with van der Waals surface area (Å²) >= 11 is 0. The first kappa shape index (κ1) is 33.4. The number of rotatable bonds is 2. The van der Waals surface area contributed by atoms with Crippen molar-refractivity contribution in [2.75, 3.05) is 26.8 Å². The maximum atomic E-state index is 14.6. The molecule has 14 heteroatoms. The molecular weight excluding hydrogens is 625 g/mol. The Bertz CT molecular complexity index is 1790. The summed E-state index contributed by atoms with van der Waals surface area (Å²) in [5.41, 5.74) is 2.53. The van der Waals surface area contributed by atoms with Gasteiger partial charge in [-0.2, -0.15) is 0 Å². The Morgan fingerprint density at radius 3 is 2.62 bits per heavy atom. The molecule has 4 N–H and O–H groups in total. The molecule has 4 aromatic rings. The number of nitrogens with zero attached hydrogens (tertiary/aromatic N) is 2. The molecule has 3 amide bonds. The molecule has 3 heterocycles. The molecule has 1 saturated heterocycles. The summed E-state index contributed by atoms with van der Waals surface area (Å²) in [6.07, 6.45) is 2.66. The molecule has 0 spiro atoms. The number of hydrogen-bond donors (Lipinski definition) is 4. The third-order valence-electron chi connectivity index (χ3n) is 7.57. The Balaban J connectivity index is 0.00000107. The number of benzene rings is 3. The summed E-state index contributed by atoms with van der Waals surface area (Å²) in [7, 11) is 1.54. The number of carboxylic acid groups (broad SMARTS) is 1. The minimum atomic E-state index is -0.833. The number of carbonyl (C=O) groups is 4. The van der Waals surface area contributed by atoms with Crippen molar-refractivity contribution in [2.24, 2.45) is 0 Å². The van der Waals surface area contributed by atoms with Gasteiger partial charge in [-0.1, -0.05) is 12.1 Å². The number of amides is 3. The number of likely N-dealkylation sites (tertiary alicyclic amines) is 1. The molecule has 2 aliphatic rings. The van der Waals surface area contributed by atoms with Gasteiger partial charge in [0.25, 0.3) is 23.7 Å². The lowest BCUT2D eigenvalue weighted by molar-refractivity contribution is -0.134. The van der Waals surface area contributed by atoms with E-state index in [1.165, 1.54) is 31.8 Å². The Hall–Kier alpha value is -5.92. The van der Waals surface area contributed by atoms with Gasteiger partial charge in [0.2, 0.25) is 0 Å². The van der Waals surface area contributed by atoms with E-state index in [-0.39, 0.29) is 43.2 Å². The lowest BCUT2D eigenvalue weighted by Crippen LogP contribution is -2.58. The molecule has 6 bridgehead atoms. The molecule has 1 fully saturated rings. The fourth-order valence-electron chi connectivity index (χ4n) is 5.38. The van der Waals surface area contributed by atoms with Crippen LogP contribution in [-0.2, 0) is 16.1 Å². The molecule has 0 unspecified atom stereocenters. The predicted octanol–water partition coefficient (Wildman–Crippen LogP) is 3.42. The van der Waals surface area contributed by atoms with Gasteiger partial charge >= 0.3 is 0 Å². The van der Waals surface area contributed by atoms with E-state index in [0.717, 1.165) is 6.92 Å². The lowest BCUT2D eigenvalue weighted by Gasteiger charge is -2.38. The van der Waals surface area contributed by atoms with E-state index in [1.54, 1.807) is 47.4 Å². The number of aromatic nitrogens is 2. The van der Waals surface area contributed by atoms with Crippen LogP contribution in [0, 0.1) is 5.82 Å². The van der Waals surface area contributed by atoms with E-state index in [9.17, 15) is 18.8 Å². The Kier molecular flexibility index (Phi) is 10.5. The van der Waals surface area contributed by atoms with Gasteiger partial charge in [0.15, 0.2) is 6.61 Å². The normalized spacial score (nSPS) is 17.6. The Labute approximate surface area is 275 Å². The van der Waals surface area contributed by atoms with E-state index in [1.807, 2.05) is 6.07 Å². The minimum Gasteiger partial charge on any atom is -0.496 e. The molecular formula is C34H34FN5O8. The first-order chi connectivity index (χ1) is 23.1. The summed E-state index contributed by atoms with van der Waals surface area (Å²) in [5, 5.41) is 13.2. The number of hydrogen-bond acceptors (Lipinski definition) is 8. The highest BCUT2D eigenvalue weighted by Gasteiger charge is 2.35. The zero-order valence-electron chi connectivity index (χ0n) is 26.2. The zero-order chi connectivity index (χ0) is 34.2. The van der Waals surface area contributed by atoms with Crippen LogP contribution in [0.5, 0.6) is 17.2 Å². The molecule has 0 radical (unpaired) electrons. The number of imidazole rings is 1. The van der Waals surface area contributed by atoms with Crippen molar-refractivity contribution in [3.05, 3.63) is 95.8 Å². The topological polar surface area (TPSA) is 172 Å². The number of nitrogens with one attached hydrogen (secondary N) is 3. The smallest absolute Gasteiger partial charge is 0.300 e. The van der Waals surface area contributed by atoms with Crippen molar-refractivity contribution < 1.29 is 42.9 Å². The maximum Gasteiger partial charge on any atom is 0.300 e. The molecule has 0 saturated carbocycles. The summed E-state index contributed by atoms with van der Waals surface area (Å²) in [6.45, 7) is 1.38. The van der Waals surface area contributed by atoms with Crippen molar-refractivity contribution in [3.8, 4) is 28.4 Å². The van der Waals surface area contributed by atoms with Crippen LogP contribution >= 0.6 is 0 Å². The van der Waals surface area contributed by atoms with Gasteiger partial charge in [-0.25, -0.2) is 9.37 Å². The van der Waals surface area contributed by atoms with Crippen LogP contribution in [0.2, 0.25) is 0 Å². The highest BCUT2D eigenvalue weighted by Crippen LogP contribution is 2.33. The van der Waals surface area contributed by atoms with Crippen LogP contribution in [-0.4, -0.2) is 82.6 Å². The molecule has 13 nitrogen and oxygen atoms in total. The second-order valence-corrected chi connectivity index (χ2v) is 11.1. The molecule has 1 aromatic heterocycles. The number of fused-ring (bicyclic) bond motifs is 8. The molecule has 250 valence electrons. The quantitative estimate of drug-likeness (QED) is 0.252. The fourth-order valence-corrected chi connectivity index (χ4v) is 5.38. The molecule has 0 aliphatic carbocycles. The van der Waals surface area contributed by atoms with E-state index in [4.69, 9.17) is 24.1 Å². The summed E-state index contributed by atoms with van der Waals surface area (Å²) in [5.74, 6) is -1.18. The number of methoxy groups -OCH3 is 1. The van der Waals surface area contributed by atoms with Gasteiger partial charge in [-0.3, -0.25) is 19.2 Å².